The SMILES string of the molecule is CC[C@@H](C)c1ccc(NC(=S)Nc2c(C)nn(Cc3c(F)cccc3Cl)c2C)cc1. The number of anilines is 2. The molecule has 30 heavy (non-hydrogen) atoms. The Morgan fingerprint density at radius 3 is 2.50 bits per heavy atom. The lowest BCUT2D eigenvalue weighted by Crippen LogP contribution is -2.20. The van der Waals surface area contributed by atoms with Gasteiger partial charge in [0.2, 0.25) is 0 Å². The summed E-state index contributed by atoms with van der Waals surface area (Å²) in [6.45, 7) is 8.45. The number of rotatable bonds is 6. The average molecular weight is 445 g/mol. The van der Waals surface area contributed by atoms with E-state index in [0.717, 1.165) is 29.2 Å². The van der Waals surface area contributed by atoms with Crippen molar-refractivity contribution in [3.63, 3.8) is 0 Å². The van der Waals surface area contributed by atoms with Crippen molar-refractivity contribution in [2.75, 3.05) is 10.6 Å². The monoisotopic (exact) mass is 444 g/mol. The second-order valence-corrected chi connectivity index (χ2v) is 8.23. The van der Waals surface area contributed by atoms with Crippen molar-refractivity contribution in [1.29, 1.82) is 0 Å². The third kappa shape index (κ3) is 4.99. The lowest BCUT2D eigenvalue weighted by molar-refractivity contribution is 0.579. The van der Waals surface area contributed by atoms with Crippen LogP contribution in [0.25, 0.3) is 0 Å². The molecule has 7 heteroatoms. The predicted octanol–water partition coefficient (Wildman–Crippen LogP) is 6.66. The van der Waals surface area contributed by atoms with Gasteiger partial charge in [0, 0.05) is 16.3 Å². The van der Waals surface area contributed by atoms with Crippen LogP contribution in [-0.2, 0) is 6.54 Å². The number of benzene rings is 2. The minimum Gasteiger partial charge on any atom is -0.332 e. The van der Waals surface area contributed by atoms with Gasteiger partial charge < -0.3 is 10.6 Å². The van der Waals surface area contributed by atoms with Gasteiger partial charge in [0.25, 0.3) is 0 Å². The van der Waals surface area contributed by atoms with Gasteiger partial charge in [0.05, 0.1) is 23.6 Å². The minimum absolute atomic E-state index is 0.247. The minimum atomic E-state index is -0.345. The van der Waals surface area contributed by atoms with Crippen molar-refractivity contribution in [3.05, 3.63) is 75.8 Å². The summed E-state index contributed by atoms with van der Waals surface area (Å²) < 4.78 is 15.9. The molecule has 0 unspecified atom stereocenters. The molecule has 0 aliphatic heterocycles. The molecule has 1 aromatic heterocycles. The van der Waals surface area contributed by atoms with E-state index < -0.39 is 0 Å². The zero-order chi connectivity index (χ0) is 21.8. The first-order valence-electron chi connectivity index (χ1n) is 9.95. The van der Waals surface area contributed by atoms with Crippen LogP contribution in [-0.4, -0.2) is 14.9 Å². The summed E-state index contributed by atoms with van der Waals surface area (Å²) in [5.74, 6) is 0.186. The van der Waals surface area contributed by atoms with Crippen LogP contribution in [0.5, 0.6) is 0 Å². The Bertz CT molecular complexity index is 1030. The predicted molar refractivity (Wildman–Crippen MR) is 127 cm³/mol. The van der Waals surface area contributed by atoms with Crippen LogP contribution in [0.2, 0.25) is 5.02 Å². The Morgan fingerprint density at radius 1 is 1.17 bits per heavy atom. The number of thiocarbonyl (C=S) groups is 1. The van der Waals surface area contributed by atoms with E-state index in [1.165, 1.54) is 11.6 Å². The fourth-order valence-electron chi connectivity index (χ4n) is 3.27. The fraction of sp³-hybridized carbons (Fsp3) is 0.304. The van der Waals surface area contributed by atoms with E-state index in [2.05, 4.69) is 41.7 Å². The second-order valence-electron chi connectivity index (χ2n) is 7.41. The zero-order valence-corrected chi connectivity index (χ0v) is 19.2. The van der Waals surface area contributed by atoms with Gasteiger partial charge in [0.15, 0.2) is 5.11 Å². The average Bonchev–Trinajstić information content (AvgIpc) is 2.98. The fourth-order valence-corrected chi connectivity index (χ4v) is 3.71. The van der Waals surface area contributed by atoms with Crippen LogP contribution in [0, 0.1) is 19.7 Å². The smallest absolute Gasteiger partial charge is 0.175 e. The van der Waals surface area contributed by atoms with Crippen LogP contribution < -0.4 is 10.6 Å². The molecular weight excluding hydrogens is 419 g/mol. The molecule has 0 saturated heterocycles. The summed E-state index contributed by atoms with van der Waals surface area (Å²) in [5.41, 5.74) is 5.07. The Kier molecular flexibility index (Phi) is 7.10. The van der Waals surface area contributed by atoms with Crippen molar-refractivity contribution >= 4 is 40.3 Å². The van der Waals surface area contributed by atoms with Gasteiger partial charge in [-0.1, -0.05) is 43.6 Å². The van der Waals surface area contributed by atoms with Crippen LogP contribution in [0.4, 0.5) is 15.8 Å². The Balaban J connectivity index is 1.72. The lowest BCUT2D eigenvalue weighted by atomic mass is 9.99. The standard InChI is InChI=1S/C23H26ClFN4S/c1-5-14(2)17-9-11-18(12-10-17)26-23(30)27-22-15(3)28-29(16(22)4)13-19-20(24)7-6-8-21(19)25/h6-12,14H,5,13H2,1-4H3,(H2,26,27,30)/t14-/m1/s1. The number of nitrogens with one attached hydrogen (secondary N) is 2. The molecule has 4 nitrogen and oxygen atoms in total. The zero-order valence-electron chi connectivity index (χ0n) is 17.6. The van der Waals surface area contributed by atoms with Crippen LogP contribution in [0.3, 0.4) is 0 Å². The van der Waals surface area contributed by atoms with E-state index in [1.54, 1.807) is 16.8 Å². The number of aryl methyl sites for hydroxylation is 1. The Morgan fingerprint density at radius 2 is 1.87 bits per heavy atom. The summed E-state index contributed by atoms with van der Waals surface area (Å²) in [4.78, 5) is 0. The lowest BCUT2D eigenvalue weighted by Gasteiger charge is -2.13. The third-order valence-corrected chi connectivity index (χ3v) is 5.90. The van der Waals surface area contributed by atoms with E-state index in [0.29, 0.717) is 21.6 Å². The molecule has 158 valence electrons. The maximum atomic E-state index is 14.2. The molecule has 3 aromatic rings. The molecule has 0 radical (unpaired) electrons. The highest BCUT2D eigenvalue weighted by Crippen LogP contribution is 2.25. The highest BCUT2D eigenvalue weighted by atomic mass is 35.5. The van der Waals surface area contributed by atoms with Gasteiger partial charge in [-0.25, -0.2) is 4.39 Å². The molecule has 2 aromatic carbocycles. The van der Waals surface area contributed by atoms with Gasteiger partial charge in [-0.2, -0.15) is 5.10 Å². The Labute approximate surface area is 187 Å². The molecule has 2 N–H and O–H groups in total. The summed E-state index contributed by atoms with van der Waals surface area (Å²) in [6, 6.07) is 13.0. The molecule has 0 amide bonds. The van der Waals surface area contributed by atoms with Gasteiger partial charge in [-0.15, -0.1) is 0 Å². The maximum Gasteiger partial charge on any atom is 0.175 e. The number of halogens is 2. The summed E-state index contributed by atoms with van der Waals surface area (Å²) in [6.07, 6.45) is 1.10. The first-order chi connectivity index (χ1) is 14.3. The highest BCUT2D eigenvalue weighted by Gasteiger charge is 2.16. The number of hydrogen-bond acceptors (Lipinski definition) is 2. The van der Waals surface area contributed by atoms with Crippen molar-refractivity contribution in [1.82, 2.24) is 9.78 Å². The van der Waals surface area contributed by atoms with Gasteiger partial charge in [-0.3, -0.25) is 4.68 Å². The first kappa shape index (κ1) is 22.2. The van der Waals surface area contributed by atoms with E-state index in [-0.39, 0.29) is 12.4 Å². The Hall–Kier alpha value is -2.44. The second kappa shape index (κ2) is 9.58. The van der Waals surface area contributed by atoms with Crippen molar-refractivity contribution < 1.29 is 4.39 Å². The maximum absolute atomic E-state index is 14.2. The van der Waals surface area contributed by atoms with Crippen molar-refractivity contribution in [2.45, 2.75) is 46.6 Å². The molecule has 1 atom stereocenters. The van der Waals surface area contributed by atoms with Gasteiger partial charge in [-0.05, 0) is 68.2 Å². The largest absolute Gasteiger partial charge is 0.332 e. The van der Waals surface area contributed by atoms with Crippen LogP contribution in [0.15, 0.2) is 42.5 Å². The van der Waals surface area contributed by atoms with Crippen molar-refractivity contribution in [3.8, 4) is 0 Å². The molecule has 3 rings (SSSR count). The van der Waals surface area contributed by atoms with Crippen LogP contribution >= 0.6 is 23.8 Å². The molecule has 0 aliphatic carbocycles. The highest BCUT2D eigenvalue weighted by molar-refractivity contribution is 7.80. The molecular formula is C23H26ClFN4S. The number of aromatic nitrogens is 2. The van der Waals surface area contributed by atoms with E-state index in [4.69, 9.17) is 23.8 Å². The first-order valence-corrected chi connectivity index (χ1v) is 10.7. The van der Waals surface area contributed by atoms with E-state index in [1.807, 2.05) is 26.0 Å². The number of nitrogens with zero attached hydrogens (tertiary/aromatic N) is 2. The molecule has 0 saturated carbocycles. The topological polar surface area (TPSA) is 41.9 Å². The summed E-state index contributed by atoms with van der Waals surface area (Å²) >= 11 is 11.6. The van der Waals surface area contributed by atoms with Gasteiger partial charge in [0.1, 0.15) is 5.82 Å². The molecule has 0 bridgehead atoms. The summed E-state index contributed by atoms with van der Waals surface area (Å²) in [5, 5.41) is 11.8. The third-order valence-electron chi connectivity index (χ3n) is 5.34. The molecule has 0 spiro atoms. The normalized spacial score (nSPS) is 11.9. The number of hydrogen-bond donors (Lipinski definition) is 2. The molecule has 0 fully saturated rings. The van der Waals surface area contributed by atoms with E-state index in [9.17, 15) is 4.39 Å². The quantitative estimate of drug-likeness (QED) is 0.417. The molecule has 0 aliphatic rings. The van der Waals surface area contributed by atoms with Crippen LogP contribution in [0.1, 0.15) is 48.7 Å². The van der Waals surface area contributed by atoms with Crippen molar-refractivity contribution in [2.24, 2.45) is 0 Å². The van der Waals surface area contributed by atoms with Gasteiger partial charge >= 0.3 is 0 Å². The summed E-state index contributed by atoms with van der Waals surface area (Å²) in [7, 11) is 0. The van der Waals surface area contributed by atoms with E-state index >= 15 is 0 Å². The molecule has 1 heterocycles.